The number of hydrogen-bond donors (Lipinski definition) is 0. The molecule has 1 atom stereocenters. The van der Waals surface area contributed by atoms with Gasteiger partial charge in [-0.1, -0.05) is 18.2 Å². The van der Waals surface area contributed by atoms with Crippen LogP contribution in [0.5, 0.6) is 0 Å². The molecule has 0 unspecified atom stereocenters. The van der Waals surface area contributed by atoms with Crippen LogP contribution < -0.4 is 0 Å². The Hall–Kier alpha value is -1.91. The van der Waals surface area contributed by atoms with Gasteiger partial charge in [0.05, 0.1) is 5.92 Å². The number of carbonyl (C=O) groups excluding carboxylic acids is 2. The van der Waals surface area contributed by atoms with Crippen molar-refractivity contribution >= 4 is 11.8 Å². The second kappa shape index (κ2) is 5.84. The van der Waals surface area contributed by atoms with E-state index in [-0.39, 0.29) is 36.5 Å². The lowest BCUT2D eigenvalue weighted by atomic mass is 10.1. The molecule has 0 bridgehead atoms. The first-order valence-corrected chi connectivity index (χ1v) is 7.45. The van der Waals surface area contributed by atoms with Gasteiger partial charge < -0.3 is 9.80 Å². The van der Waals surface area contributed by atoms with Crippen molar-refractivity contribution in [3.8, 4) is 0 Å². The zero-order chi connectivity index (χ0) is 14.8. The predicted octanol–water partition coefficient (Wildman–Crippen LogP) is 1.80. The van der Waals surface area contributed by atoms with E-state index in [4.69, 9.17) is 0 Å². The van der Waals surface area contributed by atoms with Crippen molar-refractivity contribution < 1.29 is 14.0 Å². The highest BCUT2D eigenvalue weighted by Gasteiger charge is 2.37. The summed E-state index contributed by atoms with van der Waals surface area (Å²) in [4.78, 5) is 27.8. The molecule has 0 N–H and O–H groups in total. The Morgan fingerprint density at radius 3 is 2.67 bits per heavy atom. The summed E-state index contributed by atoms with van der Waals surface area (Å²) in [5.41, 5.74) is 0.500. The molecule has 2 saturated heterocycles. The largest absolute Gasteiger partial charge is 0.342 e. The van der Waals surface area contributed by atoms with Gasteiger partial charge in [-0.05, 0) is 18.9 Å². The first kappa shape index (κ1) is 14.0. The summed E-state index contributed by atoms with van der Waals surface area (Å²) >= 11 is 0. The fourth-order valence-electron chi connectivity index (χ4n) is 3.12. The molecule has 2 heterocycles. The molecule has 0 saturated carbocycles. The van der Waals surface area contributed by atoms with Gasteiger partial charge in [0.25, 0.3) is 0 Å². The quantitative estimate of drug-likeness (QED) is 0.851. The van der Waals surface area contributed by atoms with Gasteiger partial charge in [0.15, 0.2) is 0 Å². The fraction of sp³-hybridized carbons (Fsp3) is 0.500. The van der Waals surface area contributed by atoms with E-state index in [0.29, 0.717) is 12.1 Å². The monoisotopic (exact) mass is 290 g/mol. The normalized spacial score (nSPS) is 22.1. The number of rotatable bonds is 3. The Balaban J connectivity index is 1.65. The SMILES string of the molecule is O=C1C[C@@H](C(=O)N2CCCC2)CN1Cc1ccccc1F. The molecule has 1 aromatic carbocycles. The molecule has 3 rings (SSSR count). The van der Waals surface area contributed by atoms with E-state index < -0.39 is 0 Å². The summed E-state index contributed by atoms with van der Waals surface area (Å²) in [5, 5.41) is 0. The minimum atomic E-state index is -0.306. The van der Waals surface area contributed by atoms with Crippen molar-refractivity contribution in [1.29, 1.82) is 0 Å². The summed E-state index contributed by atoms with van der Waals surface area (Å²) in [6.45, 7) is 2.26. The maximum absolute atomic E-state index is 13.7. The molecule has 5 heteroatoms. The molecule has 1 aromatic rings. The molecule has 2 aliphatic heterocycles. The zero-order valence-electron chi connectivity index (χ0n) is 11.9. The van der Waals surface area contributed by atoms with Gasteiger partial charge >= 0.3 is 0 Å². The molecule has 2 fully saturated rings. The molecule has 2 aliphatic rings. The smallest absolute Gasteiger partial charge is 0.227 e. The number of likely N-dealkylation sites (tertiary alicyclic amines) is 2. The zero-order valence-corrected chi connectivity index (χ0v) is 11.9. The van der Waals surface area contributed by atoms with E-state index >= 15 is 0 Å². The Labute approximate surface area is 123 Å². The van der Waals surface area contributed by atoms with Crippen LogP contribution in [0.4, 0.5) is 4.39 Å². The first-order chi connectivity index (χ1) is 10.1. The first-order valence-electron chi connectivity index (χ1n) is 7.45. The van der Waals surface area contributed by atoms with Crippen LogP contribution in [0.15, 0.2) is 24.3 Å². The van der Waals surface area contributed by atoms with Crippen LogP contribution in [0.25, 0.3) is 0 Å². The van der Waals surface area contributed by atoms with Gasteiger partial charge in [-0.3, -0.25) is 9.59 Å². The summed E-state index contributed by atoms with van der Waals surface area (Å²) in [7, 11) is 0. The molecule has 0 aromatic heterocycles. The number of carbonyl (C=O) groups is 2. The van der Waals surface area contributed by atoms with Crippen LogP contribution >= 0.6 is 0 Å². The standard InChI is InChI=1S/C16H19FN2O2/c17-14-6-2-1-5-12(14)10-19-11-13(9-15(19)20)16(21)18-7-3-4-8-18/h1-2,5-6,13H,3-4,7-11H2/t13-/m1/s1. The third kappa shape index (κ3) is 2.91. The summed E-state index contributed by atoms with van der Waals surface area (Å²) in [6, 6.07) is 6.46. The molecule has 112 valence electrons. The van der Waals surface area contributed by atoms with Crippen LogP contribution in [-0.4, -0.2) is 41.2 Å². The molecular weight excluding hydrogens is 271 g/mol. The second-order valence-corrected chi connectivity index (χ2v) is 5.80. The number of hydrogen-bond acceptors (Lipinski definition) is 2. The Kier molecular flexibility index (Phi) is 3.90. The van der Waals surface area contributed by atoms with Crippen LogP contribution in [-0.2, 0) is 16.1 Å². The second-order valence-electron chi connectivity index (χ2n) is 5.80. The highest BCUT2D eigenvalue weighted by Crippen LogP contribution is 2.24. The third-order valence-electron chi connectivity index (χ3n) is 4.30. The average Bonchev–Trinajstić information content (AvgIpc) is 3.11. The number of nitrogens with zero attached hydrogens (tertiary/aromatic N) is 2. The maximum atomic E-state index is 13.7. The number of amides is 2. The Morgan fingerprint density at radius 1 is 1.24 bits per heavy atom. The molecular formula is C16H19FN2O2. The van der Waals surface area contributed by atoms with Crippen LogP contribution in [0.1, 0.15) is 24.8 Å². The van der Waals surface area contributed by atoms with E-state index in [1.54, 1.807) is 23.1 Å². The summed E-state index contributed by atoms with van der Waals surface area (Å²) in [6.07, 6.45) is 2.35. The van der Waals surface area contributed by atoms with Gasteiger partial charge in [0.2, 0.25) is 11.8 Å². The van der Waals surface area contributed by atoms with Gasteiger partial charge in [0.1, 0.15) is 5.82 Å². The fourth-order valence-corrected chi connectivity index (χ4v) is 3.12. The highest BCUT2D eigenvalue weighted by atomic mass is 19.1. The van der Waals surface area contributed by atoms with E-state index in [1.165, 1.54) is 6.07 Å². The lowest BCUT2D eigenvalue weighted by Gasteiger charge is -2.20. The topological polar surface area (TPSA) is 40.6 Å². The van der Waals surface area contributed by atoms with Crippen molar-refractivity contribution in [1.82, 2.24) is 9.80 Å². The molecule has 0 spiro atoms. The Bertz CT molecular complexity index is 555. The maximum Gasteiger partial charge on any atom is 0.227 e. The van der Waals surface area contributed by atoms with E-state index in [1.807, 2.05) is 4.90 Å². The van der Waals surface area contributed by atoms with Crippen LogP contribution in [0, 0.1) is 11.7 Å². The van der Waals surface area contributed by atoms with Crippen LogP contribution in [0.3, 0.4) is 0 Å². The van der Waals surface area contributed by atoms with Crippen molar-refractivity contribution in [2.75, 3.05) is 19.6 Å². The lowest BCUT2D eigenvalue weighted by Crippen LogP contribution is -2.35. The number of halogens is 1. The third-order valence-corrected chi connectivity index (χ3v) is 4.30. The van der Waals surface area contributed by atoms with Crippen molar-refractivity contribution in [2.24, 2.45) is 5.92 Å². The molecule has 0 aliphatic carbocycles. The summed E-state index contributed by atoms with van der Waals surface area (Å²) < 4.78 is 13.7. The minimum absolute atomic E-state index is 0.0594. The van der Waals surface area contributed by atoms with Gasteiger partial charge in [-0.25, -0.2) is 4.39 Å². The van der Waals surface area contributed by atoms with Crippen molar-refractivity contribution in [3.05, 3.63) is 35.6 Å². The van der Waals surface area contributed by atoms with Crippen molar-refractivity contribution in [3.63, 3.8) is 0 Å². The van der Waals surface area contributed by atoms with Gasteiger partial charge in [-0.15, -0.1) is 0 Å². The summed E-state index contributed by atoms with van der Waals surface area (Å²) in [5.74, 6) is -0.547. The molecule has 4 nitrogen and oxygen atoms in total. The number of benzene rings is 1. The highest BCUT2D eigenvalue weighted by molar-refractivity contribution is 5.89. The van der Waals surface area contributed by atoms with E-state index in [9.17, 15) is 14.0 Å². The lowest BCUT2D eigenvalue weighted by molar-refractivity contribution is -0.134. The average molecular weight is 290 g/mol. The minimum Gasteiger partial charge on any atom is -0.342 e. The predicted molar refractivity (Wildman–Crippen MR) is 75.7 cm³/mol. The van der Waals surface area contributed by atoms with Gasteiger partial charge in [-0.2, -0.15) is 0 Å². The van der Waals surface area contributed by atoms with E-state index in [2.05, 4.69) is 0 Å². The Morgan fingerprint density at radius 2 is 1.95 bits per heavy atom. The molecule has 21 heavy (non-hydrogen) atoms. The van der Waals surface area contributed by atoms with E-state index in [0.717, 1.165) is 25.9 Å². The van der Waals surface area contributed by atoms with Crippen molar-refractivity contribution in [2.45, 2.75) is 25.8 Å². The molecule has 2 amide bonds. The molecule has 0 radical (unpaired) electrons. The van der Waals surface area contributed by atoms with Gasteiger partial charge in [0, 0.05) is 38.2 Å². The van der Waals surface area contributed by atoms with Crippen LogP contribution in [0.2, 0.25) is 0 Å².